The molecule has 2 aromatic carbocycles. The Hall–Kier alpha value is -2.58. The topological polar surface area (TPSA) is 93.7 Å². The first kappa shape index (κ1) is 18.8. The van der Waals surface area contributed by atoms with Crippen LogP contribution >= 0.6 is 0 Å². The molecule has 0 aliphatic heterocycles. The molecule has 2 rings (SSSR count). The Morgan fingerprint density at radius 1 is 1.04 bits per heavy atom. The van der Waals surface area contributed by atoms with Crippen molar-refractivity contribution in [1.82, 2.24) is 4.72 Å². The fraction of sp³-hybridized carbons (Fsp3) is 0.235. The maximum atomic E-state index is 12.3. The van der Waals surface area contributed by atoms with Crippen molar-refractivity contribution in [1.29, 1.82) is 0 Å². The third-order valence-electron chi connectivity index (χ3n) is 3.39. The molecule has 2 N–H and O–H groups in total. The zero-order valence-electron chi connectivity index (χ0n) is 14.2. The summed E-state index contributed by atoms with van der Waals surface area (Å²) in [5, 5.41) is 2.64. The summed E-state index contributed by atoms with van der Waals surface area (Å²) in [6.45, 7) is 1.51. The molecule has 7 nitrogen and oxygen atoms in total. The standard InChI is InChI=1S/C17H20N2O5S/c1-12-5-4-6-13(9-12)19-17(20)11-18-25(21,22)14-7-8-15(23-2)16(10-14)24-3/h4-10,18H,11H2,1-3H3,(H,19,20). The fourth-order valence-electron chi connectivity index (χ4n) is 2.16. The van der Waals surface area contributed by atoms with Gasteiger partial charge in [0, 0.05) is 11.8 Å². The van der Waals surface area contributed by atoms with Crippen LogP contribution in [0.4, 0.5) is 5.69 Å². The molecule has 0 unspecified atom stereocenters. The number of rotatable bonds is 7. The van der Waals surface area contributed by atoms with Crippen LogP contribution in [0.25, 0.3) is 0 Å². The van der Waals surface area contributed by atoms with E-state index < -0.39 is 15.9 Å². The summed E-state index contributed by atoms with van der Waals surface area (Å²) < 4.78 is 37.1. The first-order valence-corrected chi connectivity index (χ1v) is 8.92. The summed E-state index contributed by atoms with van der Waals surface area (Å²) in [7, 11) is -0.988. The molecule has 0 saturated carbocycles. The minimum atomic E-state index is -3.86. The number of hydrogen-bond acceptors (Lipinski definition) is 5. The van der Waals surface area contributed by atoms with E-state index >= 15 is 0 Å². The highest BCUT2D eigenvalue weighted by Gasteiger charge is 2.18. The number of ether oxygens (including phenoxy) is 2. The Morgan fingerprint density at radius 2 is 1.76 bits per heavy atom. The number of hydrogen-bond donors (Lipinski definition) is 2. The Labute approximate surface area is 147 Å². The Kier molecular flexibility index (Phi) is 6.00. The molecule has 0 atom stereocenters. The van der Waals surface area contributed by atoms with Crippen LogP contribution in [0, 0.1) is 6.92 Å². The van der Waals surface area contributed by atoms with Gasteiger partial charge in [-0.2, -0.15) is 0 Å². The van der Waals surface area contributed by atoms with E-state index in [2.05, 4.69) is 10.0 Å². The highest BCUT2D eigenvalue weighted by molar-refractivity contribution is 7.89. The third kappa shape index (κ3) is 4.94. The van der Waals surface area contributed by atoms with Gasteiger partial charge in [0.25, 0.3) is 0 Å². The van der Waals surface area contributed by atoms with Crippen molar-refractivity contribution in [2.75, 3.05) is 26.1 Å². The smallest absolute Gasteiger partial charge is 0.241 e. The summed E-state index contributed by atoms with van der Waals surface area (Å²) in [6.07, 6.45) is 0. The predicted octanol–water partition coefficient (Wildman–Crippen LogP) is 1.93. The van der Waals surface area contributed by atoms with Gasteiger partial charge in [0.05, 0.1) is 25.7 Å². The zero-order valence-corrected chi connectivity index (χ0v) is 15.0. The van der Waals surface area contributed by atoms with Crippen molar-refractivity contribution in [2.45, 2.75) is 11.8 Å². The van der Waals surface area contributed by atoms with Gasteiger partial charge >= 0.3 is 0 Å². The van der Waals surface area contributed by atoms with Crippen molar-refractivity contribution in [2.24, 2.45) is 0 Å². The molecule has 25 heavy (non-hydrogen) atoms. The molecule has 0 aliphatic rings. The molecule has 0 aliphatic carbocycles. The number of anilines is 1. The Morgan fingerprint density at radius 3 is 2.40 bits per heavy atom. The number of carbonyl (C=O) groups is 1. The van der Waals surface area contributed by atoms with Gasteiger partial charge in [0.2, 0.25) is 15.9 Å². The van der Waals surface area contributed by atoms with Gasteiger partial charge in [-0.1, -0.05) is 12.1 Å². The lowest BCUT2D eigenvalue weighted by Crippen LogP contribution is -2.32. The van der Waals surface area contributed by atoms with Crippen molar-refractivity contribution in [3.05, 3.63) is 48.0 Å². The van der Waals surface area contributed by atoms with Crippen LogP contribution in [-0.4, -0.2) is 35.1 Å². The van der Waals surface area contributed by atoms with E-state index in [4.69, 9.17) is 9.47 Å². The minimum absolute atomic E-state index is 0.0199. The average Bonchev–Trinajstić information content (AvgIpc) is 2.59. The molecule has 2 aromatic rings. The number of aryl methyl sites for hydroxylation is 1. The summed E-state index contributed by atoms with van der Waals surface area (Å²) >= 11 is 0. The van der Waals surface area contributed by atoms with E-state index in [1.54, 1.807) is 18.2 Å². The van der Waals surface area contributed by atoms with Crippen LogP contribution in [-0.2, 0) is 14.8 Å². The maximum absolute atomic E-state index is 12.3. The van der Waals surface area contributed by atoms with E-state index in [-0.39, 0.29) is 17.2 Å². The van der Waals surface area contributed by atoms with E-state index in [0.717, 1.165) is 5.56 Å². The quantitative estimate of drug-likeness (QED) is 0.783. The molecule has 134 valence electrons. The van der Waals surface area contributed by atoms with E-state index in [1.165, 1.54) is 32.4 Å². The summed E-state index contributed by atoms with van der Waals surface area (Å²) in [6, 6.07) is 11.4. The molecular weight excluding hydrogens is 344 g/mol. The lowest BCUT2D eigenvalue weighted by atomic mass is 10.2. The second-order valence-electron chi connectivity index (χ2n) is 5.26. The number of methoxy groups -OCH3 is 2. The van der Waals surface area contributed by atoms with Crippen LogP contribution < -0.4 is 19.5 Å². The lowest BCUT2D eigenvalue weighted by molar-refractivity contribution is -0.115. The highest BCUT2D eigenvalue weighted by atomic mass is 32.2. The van der Waals surface area contributed by atoms with Gasteiger partial charge in [0.1, 0.15) is 0 Å². The Bertz CT molecular complexity index is 865. The number of nitrogens with one attached hydrogen (secondary N) is 2. The molecule has 0 saturated heterocycles. The van der Waals surface area contributed by atoms with Crippen molar-refractivity contribution >= 4 is 21.6 Å². The molecule has 8 heteroatoms. The van der Waals surface area contributed by atoms with Gasteiger partial charge in [-0.3, -0.25) is 4.79 Å². The first-order valence-electron chi connectivity index (χ1n) is 7.44. The van der Waals surface area contributed by atoms with Gasteiger partial charge < -0.3 is 14.8 Å². The fourth-order valence-corrected chi connectivity index (χ4v) is 3.15. The van der Waals surface area contributed by atoms with Crippen LogP contribution in [0.15, 0.2) is 47.4 Å². The molecule has 0 spiro atoms. The van der Waals surface area contributed by atoms with Crippen molar-refractivity contribution in [3.8, 4) is 11.5 Å². The van der Waals surface area contributed by atoms with Gasteiger partial charge in [-0.05, 0) is 36.8 Å². The number of amides is 1. The second kappa shape index (κ2) is 8.00. The predicted molar refractivity (Wildman–Crippen MR) is 94.5 cm³/mol. The Balaban J connectivity index is 2.05. The summed E-state index contributed by atoms with van der Waals surface area (Å²) in [4.78, 5) is 11.9. The van der Waals surface area contributed by atoms with Crippen LogP contribution in [0.2, 0.25) is 0 Å². The average molecular weight is 364 g/mol. The number of carbonyl (C=O) groups excluding carboxylic acids is 1. The molecule has 0 aromatic heterocycles. The van der Waals surface area contributed by atoms with E-state index in [9.17, 15) is 13.2 Å². The molecule has 0 bridgehead atoms. The number of sulfonamides is 1. The van der Waals surface area contributed by atoms with E-state index in [1.807, 2.05) is 13.0 Å². The molecular formula is C17H20N2O5S. The van der Waals surface area contributed by atoms with Gasteiger partial charge in [0.15, 0.2) is 11.5 Å². The molecule has 0 heterocycles. The van der Waals surface area contributed by atoms with Crippen LogP contribution in [0.5, 0.6) is 11.5 Å². The monoisotopic (exact) mass is 364 g/mol. The molecule has 0 radical (unpaired) electrons. The van der Waals surface area contributed by atoms with E-state index in [0.29, 0.717) is 11.4 Å². The third-order valence-corrected chi connectivity index (χ3v) is 4.79. The highest BCUT2D eigenvalue weighted by Crippen LogP contribution is 2.29. The van der Waals surface area contributed by atoms with Crippen LogP contribution in [0.3, 0.4) is 0 Å². The zero-order chi connectivity index (χ0) is 18.4. The van der Waals surface area contributed by atoms with Gasteiger partial charge in [-0.25, -0.2) is 13.1 Å². The number of benzene rings is 2. The van der Waals surface area contributed by atoms with Crippen LogP contribution in [0.1, 0.15) is 5.56 Å². The molecule has 0 fully saturated rings. The largest absolute Gasteiger partial charge is 0.493 e. The van der Waals surface area contributed by atoms with Crippen molar-refractivity contribution in [3.63, 3.8) is 0 Å². The summed E-state index contributed by atoms with van der Waals surface area (Å²) in [5.74, 6) is 0.239. The van der Waals surface area contributed by atoms with Crippen molar-refractivity contribution < 1.29 is 22.7 Å². The molecule has 1 amide bonds. The lowest BCUT2D eigenvalue weighted by Gasteiger charge is -2.11. The van der Waals surface area contributed by atoms with Gasteiger partial charge in [-0.15, -0.1) is 0 Å². The first-order chi connectivity index (χ1) is 11.9. The maximum Gasteiger partial charge on any atom is 0.241 e. The normalized spacial score (nSPS) is 11.0. The SMILES string of the molecule is COc1ccc(S(=O)(=O)NCC(=O)Nc2cccc(C)c2)cc1OC. The minimum Gasteiger partial charge on any atom is -0.493 e. The second-order valence-corrected chi connectivity index (χ2v) is 7.03. The summed E-state index contributed by atoms with van der Waals surface area (Å²) in [5.41, 5.74) is 1.60.